The first-order valence-corrected chi connectivity index (χ1v) is 13.1. The molecule has 10 nitrogen and oxygen atoms in total. The monoisotopic (exact) mass is 519 g/mol. The number of benzene rings is 1. The molecule has 0 aliphatic heterocycles. The fourth-order valence-corrected chi connectivity index (χ4v) is 3.92. The molecular weight excluding hydrogens is 474 g/mol. The van der Waals surface area contributed by atoms with Crippen molar-refractivity contribution in [2.24, 2.45) is 23.3 Å². The quantitative estimate of drug-likeness (QED) is 0.168. The SMILES string of the molecule is CCC(C)C(NC(=O)C(N)CC(C)C)C(=O)NC(Cc1ccccc1)C(=O)NC(CCCCN)C(=O)O. The van der Waals surface area contributed by atoms with Gasteiger partial charge in [-0.15, -0.1) is 0 Å². The summed E-state index contributed by atoms with van der Waals surface area (Å²) >= 11 is 0. The van der Waals surface area contributed by atoms with E-state index >= 15 is 0 Å². The smallest absolute Gasteiger partial charge is 0.326 e. The van der Waals surface area contributed by atoms with Crippen LogP contribution in [-0.2, 0) is 25.6 Å². The zero-order valence-electron chi connectivity index (χ0n) is 22.5. The lowest BCUT2D eigenvalue weighted by Crippen LogP contribution is -2.59. The summed E-state index contributed by atoms with van der Waals surface area (Å²) in [6.07, 6.45) is 2.64. The van der Waals surface area contributed by atoms with Crippen LogP contribution in [0.15, 0.2) is 30.3 Å². The van der Waals surface area contributed by atoms with Gasteiger partial charge in [0.2, 0.25) is 17.7 Å². The molecule has 8 N–H and O–H groups in total. The largest absolute Gasteiger partial charge is 0.480 e. The number of carboxylic acids is 1. The Labute approximate surface area is 220 Å². The third-order valence-corrected chi connectivity index (χ3v) is 6.33. The van der Waals surface area contributed by atoms with E-state index in [1.807, 2.05) is 58.0 Å². The first kappa shape index (κ1) is 32.0. The zero-order chi connectivity index (χ0) is 28.0. The maximum atomic E-state index is 13.4. The van der Waals surface area contributed by atoms with E-state index in [0.717, 1.165) is 5.56 Å². The Bertz CT molecular complexity index is 864. The Morgan fingerprint density at radius 3 is 2.05 bits per heavy atom. The standard InChI is InChI=1S/C27H45N5O5/c1-5-18(4)23(32-24(33)20(29)15-17(2)3)26(35)31-22(16-19-11-7-6-8-12-19)25(34)30-21(27(36)37)13-9-10-14-28/h6-8,11-12,17-18,20-23H,5,9-10,13-16,28-29H2,1-4H3,(H,30,34)(H,31,35)(H,32,33)(H,36,37). The summed E-state index contributed by atoms with van der Waals surface area (Å²) < 4.78 is 0. The summed E-state index contributed by atoms with van der Waals surface area (Å²) in [7, 11) is 0. The van der Waals surface area contributed by atoms with Gasteiger partial charge in [-0.05, 0) is 49.6 Å². The van der Waals surface area contributed by atoms with Crippen molar-refractivity contribution in [2.75, 3.05) is 6.54 Å². The molecule has 208 valence electrons. The fourth-order valence-electron chi connectivity index (χ4n) is 3.92. The van der Waals surface area contributed by atoms with Crippen molar-refractivity contribution in [2.45, 2.75) is 90.4 Å². The molecule has 0 fully saturated rings. The van der Waals surface area contributed by atoms with Gasteiger partial charge in [-0.25, -0.2) is 4.79 Å². The van der Waals surface area contributed by atoms with E-state index < -0.39 is 47.9 Å². The van der Waals surface area contributed by atoms with Crippen LogP contribution in [-0.4, -0.2) is 59.5 Å². The number of nitrogens with two attached hydrogens (primary N) is 2. The number of rotatable bonds is 17. The van der Waals surface area contributed by atoms with Crippen LogP contribution in [0.4, 0.5) is 0 Å². The molecule has 5 unspecified atom stereocenters. The normalized spacial score (nSPS) is 15.2. The van der Waals surface area contributed by atoms with Gasteiger partial charge in [0.15, 0.2) is 0 Å². The molecule has 0 spiro atoms. The van der Waals surface area contributed by atoms with E-state index in [-0.39, 0.29) is 24.7 Å². The Morgan fingerprint density at radius 1 is 0.892 bits per heavy atom. The van der Waals surface area contributed by atoms with Gasteiger partial charge in [-0.1, -0.05) is 64.4 Å². The lowest BCUT2D eigenvalue weighted by atomic mass is 9.96. The van der Waals surface area contributed by atoms with Crippen LogP contribution < -0.4 is 27.4 Å². The van der Waals surface area contributed by atoms with Gasteiger partial charge in [-0.3, -0.25) is 14.4 Å². The molecule has 10 heteroatoms. The Hall–Kier alpha value is -2.98. The number of carbonyl (C=O) groups is 4. The number of aliphatic carboxylic acids is 1. The van der Waals surface area contributed by atoms with Gasteiger partial charge in [0.1, 0.15) is 18.1 Å². The summed E-state index contributed by atoms with van der Waals surface area (Å²) in [6.45, 7) is 8.08. The molecule has 5 atom stereocenters. The summed E-state index contributed by atoms with van der Waals surface area (Å²) in [4.78, 5) is 51.0. The predicted molar refractivity (Wildman–Crippen MR) is 143 cm³/mol. The molecule has 0 bridgehead atoms. The highest BCUT2D eigenvalue weighted by Crippen LogP contribution is 2.12. The van der Waals surface area contributed by atoms with Gasteiger partial charge in [0.05, 0.1) is 6.04 Å². The molecule has 0 heterocycles. The first-order valence-electron chi connectivity index (χ1n) is 13.1. The first-order chi connectivity index (χ1) is 17.5. The van der Waals surface area contributed by atoms with Gasteiger partial charge in [0, 0.05) is 6.42 Å². The molecule has 0 aliphatic rings. The summed E-state index contributed by atoms with van der Waals surface area (Å²) in [5, 5.41) is 17.7. The predicted octanol–water partition coefficient (Wildman–Crippen LogP) is 1.32. The third kappa shape index (κ3) is 11.7. The van der Waals surface area contributed by atoms with Crippen LogP contribution in [0, 0.1) is 11.8 Å². The van der Waals surface area contributed by atoms with Crippen molar-refractivity contribution < 1.29 is 24.3 Å². The molecule has 1 rings (SSSR count). The number of amides is 3. The topological polar surface area (TPSA) is 177 Å². The van der Waals surface area contributed by atoms with Crippen LogP contribution in [0.3, 0.4) is 0 Å². The maximum Gasteiger partial charge on any atom is 0.326 e. The van der Waals surface area contributed by atoms with Gasteiger partial charge in [0.25, 0.3) is 0 Å². The van der Waals surface area contributed by atoms with Crippen molar-refractivity contribution in [1.82, 2.24) is 16.0 Å². The van der Waals surface area contributed by atoms with Crippen molar-refractivity contribution >= 4 is 23.7 Å². The lowest BCUT2D eigenvalue weighted by molar-refractivity contribution is -0.142. The number of carboxylic acid groups (broad SMARTS) is 1. The molecule has 0 saturated heterocycles. The number of unbranched alkanes of at least 4 members (excludes halogenated alkanes) is 1. The van der Waals surface area contributed by atoms with E-state index in [0.29, 0.717) is 32.2 Å². The van der Waals surface area contributed by atoms with E-state index in [1.165, 1.54) is 0 Å². The third-order valence-electron chi connectivity index (χ3n) is 6.33. The number of hydrogen-bond donors (Lipinski definition) is 6. The van der Waals surface area contributed by atoms with Crippen LogP contribution in [0.1, 0.15) is 65.4 Å². The summed E-state index contributed by atoms with van der Waals surface area (Å²) in [5.41, 5.74) is 12.3. The van der Waals surface area contributed by atoms with E-state index in [4.69, 9.17) is 11.5 Å². The molecule has 0 aliphatic carbocycles. The van der Waals surface area contributed by atoms with E-state index in [9.17, 15) is 24.3 Å². The highest BCUT2D eigenvalue weighted by Gasteiger charge is 2.32. The van der Waals surface area contributed by atoms with Crippen LogP contribution in [0.2, 0.25) is 0 Å². The Balaban J connectivity index is 3.11. The second-order valence-corrected chi connectivity index (χ2v) is 10.0. The highest BCUT2D eigenvalue weighted by molar-refractivity contribution is 5.94. The van der Waals surface area contributed by atoms with Crippen molar-refractivity contribution in [3.63, 3.8) is 0 Å². The van der Waals surface area contributed by atoms with Crippen molar-refractivity contribution in [1.29, 1.82) is 0 Å². The fraction of sp³-hybridized carbons (Fsp3) is 0.630. The minimum absolute atomic E-state index is 0.154. The molecule has 0 saturated carbocycles. The van der Waals surface area contributed by atoms with E-state index in [2.05, 4.69) is 16.0 Å². The summed E-state index contributed by atoms with van der Waals surface area (Å²) in [6, 6.07) is 5.31. The Kier molecular flexibility index (Phi) is 14.5. The van der Waals surface area contributed by atoms with Crippen LogP contribution in [0.5, 0.6) is 0 Å². The molecule has 1 aromatic rings. The minimum atomic E-state index is -1.15. The number of carbonyl (C=O) groups excluding carboxylic acids is 3. The molecule has 3 amide bonds. The van der Waals surface area contributed by atoms with E-state index in [1.54, 1.807) is 0 Å². The van der Waals surface area contributed by atoms with Crippen LogP contribution >= 0.6 is 0 Å². The Morgan fingerprint density at radius 2 is 1.51 bits per heavy atom. The average Bonchev–Trinajstić information content (AvgIpc) is 2.85. The lowest BCUT2D eigenvalue weighted by Gasteiger charge is -2.28. The average molecular weight is 520 g/mol. The highest BCUT2D eigenvalue weighted by atomic mass is 16.4. The van der Waals surface area contributed by atoms with Crippen molar-refractivity contribution in [3.8, 4) is 0 Å². The minimum Gasteiger partial charge on any atom is -0.480 e. The summed E-state index contributed by atoms with van der Waals surface area (Å²) in [5.74, 6) is -2.72. The van der Waals surface area contributed by atoms with Gasteiger partial charge < -0.3 is 32.5 Å². The molecular formula is C27H45N5O5. The van der Waals surface area contributed by atoms with Gasteiger partial charge in [-0.2, -0.15) is 0 Å². The number of hydrogen-bond acceptors (Lipinski definition) is 6. The number of nitrogens with one attached hydrogen (secondary N) is 3. The molecule has 1 aromatic carbocycles. The van der Waals surface area contributed by atoms with Crippen LogP contribution in [0.25, 0.3) is 0 Å². The second kappa shape index (κ2) is 16.7. The molecule has 37 heavy (non-hydrogen) atoms. The molecule has 0 radical (unpaired) electrons. The molecule has 0 aromatic heterocycles. The van der Waals surface area contributed by atoms with Gasteiger partial charge >= 0.3 is 5.97 Å². The second-order valence-electron chi connectivity index (χ2n) is 10.0. The maximum absolute atomic E-state index is 13.4. The van der Waals surface area contributed by atoms with Crippen molar-refractivity contribution in [3.05, 3.63) is 35.9 Å². The zero-order valence-corrected chi connectivity index (χ0v) is 22.5.